The predicted octanol–water partition coefficient (Wildman–Crippen LogP) is 0.559. The number of carbonyl (C=O) groups is 1. The van der Waals surface area contributed by atoms with Gasteiger partial charge in [0, 0.05) is 5.69 Å². The molecule has 1 aromatic rings. The lowest BCUT2D eigenvalue weighted by molar-refractivity contribution is -0.117. The number of hydrogen-bond acceptors (Lipinski definition) is 3. The van der Waals surface area contributed by atoms with Gasteiger partial charge < -0.3 is 11.5 Å². The Bertz CT molecular complexity index is 418. The van der Waals surface area contributed by atoms with E-state index < -0.39 is 22.0 Å². The summed E-state index contributed by atoms with van der Waals surface area (Å²) in [7, 11) is -1.48. The number of rotatable bonds is 3. The van der Waals surface area contributed by atoms with E-state index in [1.165, 1.54) is 6.92 Å². The first-order valence-electron chi connectivity index (χ1n) is 4.49. The van der Waals surface area contributed by atoms with Crippen molar-refractivity contribution in [3.05, 3.63) is 23.8 Å². The zero-order valence-electron chi connectivity index (χ0n) is 8.69. The lowest BCUT2D eigenvalue weighted by Gasteiger charge is -2.10. The first kappa shape index (κ1) is 11.7. The van der Waals surface area contributed by atoms with Gasteiger partial charge in [-0.3, -0.25) is 9.00 Å². The number of anilines is 1. The fraction of sp³-hybridized carbons (Fsp3) is 0.300. The molecule has 0 aromatic heterocycles. The minimum absolute atomic E-state index is 0.432. The molecular formula is C10H14N2O2S. The van der Waals surface area contributed by atoms with Crippen molar-refractivity contribution in [1.82, 2.24) is 0 Å². The second-order valence-electron chi connectivity index (χ2n) is 3.38. The van der Waals surface area contributed by atoms with Crippen LogP contribution in [0.5, 0.6) is 0 Å². The van der Waals surface area contributed by atoms with Gasteiger partial charge in [0.2, 0.25) is 5.91 Å². The quantitative estimate of drug-likeness (QED) is 0.738. The molecule has 0 spiro atoms. The van der Waals surface area contributed by atoms with Crippen LogP contribution < -0.4 is 11.5 Å². The molecule has 82 valence electrons. The molecule has 0 aliphatic heterocycles. The van der Waals surface area contributed by atoms with Crippen LogP contribution in [-0.4, -0.2) is 15.4 Å². The lowest BCUT2D eigenvalue weighted by Crippen LogP contribution is -2.29. The summed E-state index contributed by atoms with van der Waals surface area (Å²) in [6.07, 6.45) is 0. The normalized spacial score (nSPS) is 14.5. The van der Waals surface area contributed by atoms with Crippen molar-refractivity contribution in [1.29, 1.82) is 0 Å². The van der Waals surface area contributed by atoms with Gasteiger partial charge in [-0.1, -0.05) is 6.07 Å². The van der Waals surface area contributed by atoms with Gasteiger partial charge in [-0.15, -0.1) is 0 Å². The summed E-state index contributed by atoms with van der Waals surface area (Å²) >= 11 is 0. The Labute approximate surface area is 91.1 Å². The molecule has 1 aromatic carbocycles. The molecule has 0 saturated heterocycles. The molecule has 1 rings (SSSR count). The van der Waals surface area contributed by atoms with Gasteiger partial charge in [0.15, 0.2) is 0 Å². The third-order valence-corrected chi connectivity index (χ3v) is 3.78. The molecule has 4 nitrogen and oxygen atoms in total. The van der Waals surface area contributed by atoms with E-state index in [4.69, 9.17) is 11.5 Å². The Morgan fingerprint density at radius 2 is 2.07 bits per heavy atom. The third kappa shape index (κ3) is 2.56. The molecule has 0 fully saturated rings. The standard InChI is InChI=1S/C10H14N2O2S/c1-6-3-4-9(8(11)5-6)15(14)7(2)10(12)13/h3-5,7H,11H2,1-2H3,(H2,12,13). The smallest absolute Gasteiger partial charge is 0.233 e. The molecule has 2 unspecified atom stereocenters. The summed E-state index contributed by atoms with van der Waals surface area (Å²) in [5.41, 5.74) is 12.2. The van der Waals surface area contributed by atoms with Crippen LogP contribution in [0.1, 0.15) is 12.5 Å². The largest absolute Gasteiger partial charge is 0.398 e. The van der Waals surface area contributed by atoms with Crippen molar-refractivity contribution < 1.29 is 9.00 Å². The number of nitrogen functional groups attached to an aromatic ring is 1. The van der Waals surface area contributed by atoms with Gasteiger partial charge in [0.05, 0.1) is 15.7 Å². The molecule has 5 heteroatoms. The molecule has 0 aliphatic rings. The van der Waals surface area contributed by atoms with E-state index in [0.717, 1.165) is 5.56 Å². The minimum atomic E-state index is -1.48. The SMILES string of the molecule is Cc1ccc(S(=O)C(C)C(N)=O)c(N)c1. The van der Waals surface area contributed by atoms with Crippen LogP contribution in [0, 0.1) is 6.92 Å². The Morgan fingerprint density at radius 1 is 1.47 bits per heavy atom. The number of primary amides is 1. The molecule has 1 amide bonds. The van der Waals surface area contributed by atoms with Crippen molar-refractivity contribution in [2.45, 2.75) is 24.0 Å². The van der Waals surface area contributed by atoms with Crippen LogP contribution in [0.4, 0.5) is 5.69 Å². The van der Waals surface area contributed by atoms with Crippen LogP contribution in [0.15, 0.2) is 23.1 Å². The summed E-state index contributed by atoms with van der Waals surface area (Å²) in [4.78, 5) is 11.3. The molecule has 0 bridgehead atoms. The maximum Gasteiger partial charge on any atom is 0.233 e. The molecule has 2 atom stereocenters. The summed E-state index contributed by atoms with van der Waals surface area (Å²) < 4.78 is 11.8. The monoisotopic (exact) mass is 226 g/mol. The van der Waals surface area contributed by atoms with Gasteiger partial charge in [-0.25, -0.2) is 0 Å². The number of carbonyl (C=O) groups excluding carboxylic acids is 1. The Kier molecular flexibility index (Phi) is 3.47. The summed E-state index contributed by atoms with van der Waals surface area (Å²) in [5.74, 6) is -0.590. The van der Waals surface area contributed by atoms with Crippen molar-refractivity contribution >= 4 is 22.4 Å². The van der Waals surface area contributed by atoms with Crippen molar-refractivity contribution in [2.75, 3.05) is 5.73 Å². The molecule has 15 heavy (non-hydrogen) atoms. The van der Waals surface area contributed by atoms with Gasteiger partial charge in [-0.2, -0.15) is 0 Å². The number of hydrogen-bond donors (Lipinski definition) is 2. The zero-order valence-corrected chi connectivity index (χ0v) is 9.51. The fourth-order valence-electron chi connectivity index (χ4n) is 1.15. The van der Waals surface area contributed by atoms with Crippen molar-refractivity contribution in [3.8, 4) is 0 Å². The first-order chi connectivity index (χ1) is 6.93. The molecule has 0 aliphatic carbocycles. The summed E-state index contributed by atoms with van der Waals surface area (Å²) in [5, 5.41) is -0.727. The van der Waals surface area contributed by atoms with Crippen LogP contribution in [0.2, 0.25) is 0 Å². The van der Waals surface area contributed by atoms with Crippen LogP contribution in [-0.2, 0) is 15.6 Å². The molecule has 4 N–H and O–H groups in total. The van der Waals surface area contributed by atoms with E-state index in [9.17, 15) is 9.00 Å². The lowest BCUT2D eigenvalue weighted by atomic mass is 10.2. The average Bonchev–Trinajstić information content (AvgIpc) is 2.15. The number of nitrogens with two attached hydrogens (primary N) is 2. The highest BCUT2D eigenvalue weighted by atomic mass is 32.2. The molecular weight excluding hydrogens is 212 g/mol. The van der Waals surface area contributed by atoms with E-state index in [2.05, 4.69) is 0 Å². The fourth-order valence-corrected chi connectivity index (χ4v) is 2.23. The highest BCUT2D eigenvalue weighted by Crippen LogP contribution is 2.20. The minimum Gasteiger partial charge on any atom is -0.398 e. The van der Waals surface area contributed by atoms with E-state index in [-0.39, 0.29) is 0 Å². The maximum absolute atomic E-state index is 11.8. The van der Waals surface area contributed by atoms with Crippen LogP contribution >= 0.6 is 0 Å². The second kappa shape index (κ2) is 4.44. The summed E-state index contributed by atoms with van der Waals surface area (Å²) in [6, 6.07) is 5.19. The third-order valence-electron chi connectivity index (χ3n) is 2.10. The zero-order chi connectivity index (χ0) is 11.6. The van der Waals surface area contributed by atoms with Crippen LogP contribution in [0.3, 0.4) is 0 Å². The van der Waals surface area contributed by atoms with Crippen LogP contribution in [0.25, 0.3) is 0 Å². The Morgan fingerprint density at radius 3 is 2.53 bits per heavy atom. The number of aryl methyl sites for hydroxylation is 1. The maximum atomic E-state index is 11.8. The van der Waals surface area contributed by atoms with E-state index >= 15 is 0 Å². The van der Waals surface area contributed by atoms with Crippen molar-refractivity contribution in [3.63, 3.8) is 0 Å². The molecule has 0 heterocycles. The van der Waals surface area contributed by atoms with E-state index in [1.54, 1.807) is 18.2 Å². The Balaban J connectivity index is 3.07. The molecule has 0 radical (unpaired) electrons. The molecule has 0 saturated carbocycles. The van der Waals surface area contributed by atoms with E-state index in [1.807, 2.05) is 6.92 Å². The van der Waals surface area contributed by atoms with Gasteiger partial charge in [-0.05, 0) is 31.5 Å². The van der Waals surface area contributed by atoms with E-state index in [0.29, 0.717) is 10.6 Å². The topological polar surface area (TPSA) is 86.2 Å². The number of benzene rings is 1. The van der Waals surface area contributed by atoms with Gasteiger partial charge in [0.25, 0.3) is 0 Å². The average molecular weight is 226 g/mol. The summed E-state index contributed by atoms with van der Waals surface area (Å²) in [6.45, 7) is 3.41. The first-order valence-corrected chi connectivity index (χ1v) is 5.71. The van der Waals surface area contributed by atoms with Gasteiger partial charge in [0.1, 0.15) is 5.25 Å². The number of amides is 1. The predicted molar refractivity (Wildman–Crippen MR) is 60.7 cm³/mol. The van der Waals surface area contributed by atoms with Gasteiger partial charge >= 0.3 is 0 Å². The Hall–Kier alpha value is -1.36. The second-order valence-corrected chi connectivity index (χ2v) is 5.13. The highest BCUT2D eigenvalue weighted by molar-refractivity contribution is 7.86. The van der Waals surface area contributed by atoms with Crippen molar-refractivity contribution in [2.24, 2.45) is 5.73 Å². The highest BCUT2D eigenvalue weighted by Gasteiger charge is 2.20.